The number of rotatable bonds is 2. The predicted octanol–water partition coefficient (Wildman–Crippen LogP) is 4.67. The zero-order chi connectivity index (χ0) is 21.4. The summed E-state index contributed by atoms with van der Waals surface area (Å²) < 4.78 is 38.4. The van der Waals surface area contributed by atoms with E-state index in [1.54, 1.807) is 4.90 Å². The van der Waals surface area contributed by atoms with Gasteiger partial charge in [0.2, 0.25) is 0 Å². The maximum atomic E-state index is 12.8. The van der Waals surface area contributed by atoms with E-state index in [4.69, 9.17) is 0 Å². The van der Waals surface area contributed by atoms with Crippen molar-refractivity contribution < 1.29 is 18.0 Å². The van der Waals surface area contributed by atoms with Gasteiger partial charge in [0.15, 0.2) is 5.82 Å². The average Bonchev–Trinajstić information content (AvgIpc) is 3.16. The highest BCUT2D eigenvalue weighted by molar-refractivity contribution is 5.98. The number of carbonyl (C=O) groups is 1. The number of aromatic nitrogens is 2. The van der Waals surface area contributed by atoms with E-state index in [0.717, 1.165) is 23.0 Å². The number of anilines is 1. The van der Waals surface area contributed by atoms with Gasteiger partial charge in [-0.25, -0.2) is 4.79 Å². The third-order valence-electron chi connectivity index (χ3n) is 5.58. The van der Waals surface area contributed by atoms with Crippen molar-refractivity contribution in [3.8, 4) is 6.07 Å². The zero-order valence-corrected chi connectivity index (χ0v) is 15.8. The summed E-state index contributed by atoms with van der Waals surface area (Å²) in [5.74, 6) is 0.426. The van der Waals surface area contributed by atoms with Crippen LogP contribution in [-0.4, -0.2) is 34.2 Å². The Labute approximate surface area is 170 Å². The SMILES string of the molecule is N#CC1(c2ccc(C(F)(F)F)cc2)CCN(C(=O)Nc2n[nH]c3ccccc23)CC1. The number of urea groups is 1. The van der Waals surface area contributed by atoms with Gasteiger partial charge in [0.1, 0.15) is 0 Å². The van der Waals surface area contributed by atoms with Crippen LogP contribution >= 0.6 is 0 Å². The number of likely N-dealkylation sites (tertiary alicyclic amines) is 1. The number of nitriles is 1. The number of amides is 2. The second kappa shape index (κ2) is 7.37. The fourth-order valence-electron chi connectivity index (χ4n) is 3.77. The van der Waals surface area contributed by atoms with Gasteiger partial charge in [0.05, 0.1) is 22.6 Å². The van der Waals surface area contributed by atoms with Crippen molar-refractivity contribution >= 4 is 22.8 Å². The van der Waals surface area contributed by atoms with E-state index in [2.05, 4.69) is 21.6 Å². The van der Waals surface area contributed by atoms with Crippen LogP contribution in [0.4, 0.5) is 23.8 Å². The zero-order valence-electron chi connectivity index (χ0n) is 15.8. The number of nitrogens with zero attached hydrogens (tertiary/aromatic N) is 3. The normalized spacial score (nSPS) is 16.3. The molecular weight excluding hydrogens is 395 g/mol. The molecule has 1 aliphatic heterocycles. The molecule has 0 atom stereocenters. The molecule has 0 unspecified atom stereocenters. The van der Waals surface area contributed by atoms with Crippen LogP contribution in [0.2, 0.25) is 0 Å². The first-order valence-electron chi connectivity index (χ1n) is 9.40. The number of hydrogen-bond donors (Lipinski definition) is 2. The Bertz CT molecular complexity index is 1110. The number of para-hydroxylation sites is 1. The largest absolute Gasteiger partial charge is 0.416 e. The Hall–Kier alpha value is -3.54. The number of benzene rings is 2. The van der Waals surface area contributed by atoms with Crippen LogP contribution in [0.5, 0.6) is 0 Å². The monoisotopic (exact) mass is 413 g/mol. The summed E-state index contributed by atoms with van der Waals surface area (Å²) in [6, 6.07) is 14.0. The molecule has 0 radical (unpaired) electrons. The van der Waals surface area contributed by atoms with Gasteiger partial charge in [-0.15, -0.1) is 0 Å². The summed E-state index contributed by atoms with van der Waals surface area (Å²) in [7, 11) is 0. The summed E-state index contributed by atoms with van der Waals surface area (Å²) in [4.78, 5) is 14.2. The second-order valence-corrected chi connectivity index (χ2v) is 7.30. The molecule has 0 bridgehead atoms. The van der Waals surface area contributed by atoms with Crippen molar-refractivity contribution in [2.45, 2.75) is 24.4 Å². The highest BCUT2D eigenvalue weighted by Gasteiger charge is 2.39. The topological polar surface area (TPSA) is 84.8 Å². The van der Waals surface area contributed by atoms with Gasteiger partial charge in [-0.3, -0.25) is 10.4 Å². The van der Waals surface area contributed by atoms with Crippen LogP contribution in [0.3, 0.4) is 0 Å². The van der Waals surface area contributed by atoms with Gasteiger partial charge in [0, 0.05) is 18.5 Å². The number of H-pyrrole nitrogens is 1. The number of nitrogens with one attached hydrogen (secondary N) is 2. The molecule has 30 heavy (non-hydrogen) atoms. The van der Waals surface area contributed by atoms with Crippen LogP contribution in [0.15, 0.2) is 48.5 Å². The number of fused-ring (bicyclic) bond motifs is 1. The molecule has 1 saturated heterocycles. The minimum absolute atomic E-state index is 0.308. The summed E-state index contributed by atoms with van der Waals surface area (Å²) in [6.07, 6.45) is -3.75. The molecule has 154 valence electrons. The Morgan fingerprint density at radius 1 is 1.13 bits per heavy atom. The van der Waals surface area contributed by atoms with Gasteiger partial charge in [-0.2, -0.15) is 23.5 Å². The van der Waals surface area contributed by atoms with Crippen molar-refractivity contribution in [3.05, 3.63) is 59.7 Å². The van der Waals surface area contributed by atoms with Crippen molar-refractivity contribution in [3.63, 3.8) is 0 Å². The Kier molecular flexibility index (Phi) is 4.86. The Morgan fingerprint density at radius 2 is 1.80 bits per heavy atom. The van der Waals surface area contributed by atoms with E-state index in [1.165, 1.54) is 12.1 Å². The molecule has 9 heteroatoms. The van der Waals surface area contributed by atoms with Crippen molar-refractivity contribution in [1.29, 1.82) is 5.26 Å². The molecule has 4 rings (SSSR count). The Morgan fingerprint density at radius 3 is 2.43 bits per heavy atom. The molecule has 1 aliphatic rings. The third-order valence-corrected chi connectivity index (χ3v) is 5.58. The molecule has 2 amide bonds. The van der Waals surface area contributed by atoms with Gasteiger partial charge < -0.3 is 4.90 Å². The fraction of sp³-hybridized carbons (Fsp3) is 0.286. The van der Waals surface area contributed by atoms with Crippen LogP contribution in [0.1, 0.15) is 24.0 Å². The van der Waals surface area contributed by atoms with Crippen molar-refractivity contribution in [2.75, 3.05) is 18.4 Å². The lowest BCUT2D eigenvalue weighted by atomic mass is 9.74. The number of aromatic amines is 1. The highest BCUT2D eigenvalue weighted by Crippen LogP contribution is 2.37. The van der Waals surface area contributed by atoms with Crippen LogP contribution in [0.25, 0.3) is 10.9 Å². The molecule has 3 aromatic rings. The van der Waals surface area contributed by atoms with E-state index in [9.17, 15) is 23.2 Å². The van der Waals surface area contributed by atoms with Gasteiger partial charge in [0.25, 0.3) is 0 Å². The summed E-state index contributed by atoms with van der Waals surface area (Å²) >= 11 is 0. The lowest BCUT2D eigenvalue weighted by Crippen LogP contribution is -2.46. The highest BCUT2D eigenvalue weighted by atomic mass is 19.4. The average molecular weight is 413 g/mol. The van der Waals surface area contributed by atoms with Crippen LogP contribution in [-0.2, 0) is 11.6 Å². The van der Waals surface area contributed by atoms with E-state index in [0.29, 0.717) is 37.3 Å². The molecule has 6 nitrogen and oxygen atoms in total. The molecule has 0 aliphatic carbocycles. The van der Waals surface area contributed by atoms with Gasteiger partial charge >= 0.3 is 12.2 Å². The van der Waals surface area contributed by atoms with E-state index in [-0.39, 0.29) is 6.03 Å². The number of hydrogen-bond acceptors (Lipinski definition) is 3. The lowest BCUT2D eigenvalue weighted by molar-refractivity contribution is -0.137. The van der Waals surface area contributed by atoms with Gasteiger partial charge in [-0.05, 0) is 42.7 Å². The smallest absolute Gasteiger partial charge is 0.324 e. The molecule has 2 N–H and O–H groups in total. The first-order valence-corrected chi connectivity index (χ1v) is 9.40. The summed E-state index contributed by atoms with van der Waals surface area (Å²) in [5, 5.41) is 20.3. The standard InChI is InChI=1S/C21H18F3N5O/c22-21(23,24)15-7-5-14(6-8-15)20(13-25)9-11-29(12-10-20)19(30)26-18-16-3-1-2-4-17(16)27-28-18/h1-8H,9-12H2,(H2,26,27,28,30). The number of halogens is 3. The molecular formula is C21H18F3N5O. The second-order valence-electron chi connectivity index (χ2n) is 7.30. The number of carbonyl (C=O) groups excluding carboxylic acids is 1. The van der Waals surface area contributed by atoms with Crippen LogP contribution in [0, 0.1) is 11.3 Å². The van der Waals surface area contributed by atoms with E-state index < -0.39 is 17.2 Å². The minimum atomic E-state index is -4.42. The molecule has 0 saturated carbocycles. The predicted molar refractivity (Wildman–Crippen MR) is 105 cm³/mol. The maximum absolute atomic E-state index is 12.8. The molecule has 2 aromatic carbocycles. The van der Waals surface area contributed by atoms with Crippen molar-refractivity contribution in [2.24, 2.45) is 0 Å². The Balaban J connectivity index is 1.45. The quantitative estimate of drug-likeness (QED) is 0.640. The first kappa shape index (κ1) is 19.8. The van der Waals surface area contributed by atoms with Crippen molar-refractivity contribution in [1.82, 2.24) is 15.1 Å². The third kappa shape index (κ3) is 3.56. The lowest BCUT2D eigenvalue weighted by Gasteiger charge is -2.37. The van der Waals surface area contributed by atoms with E-state index >= 15 is 0 Å². The molecule has 1 aromatic heterocycles. The van der Waals surface area contributed by atoms with Crippen LogP contribution < -0.4 is 5.32 Å². The summed E-state index contributed by atoms with van der Waals surface area (Å²) in [6.45, 7) is 0.617. The molecule has 2 heterocycles. The first-order chi connectivity index (χ1) is 14.3. The summed E-state index contributed by atoms with van der Waals surface area (Å²) in [5.41, 5.74) is -0.323. The number of alkyl halides is 3. The number of piperidine rings is 1. The van der Waals surface area contributed by atoms with Gasteiger partial charge in [-0.1, -0.05) is 24.3 Å². The van der Waals surface area contributed by atoms with E-state index in [1.807, 2.05) is 24.3 Å². The molecule has 0 spiro atoms. The fourth-order valence-corrected chi connectivity index (χ4v) is 3.77. The maximum Gasteiger partial charge on any atom is 0.416 e. The molecule has 1 fully saturated rings. The minimum Gasteiger partial charge on any atom is -0.324 e.